The fourth-order valence-corrected chi connectivity index (χ4v) is 29.3. The molecule has 6 aliphatic rings. The quantitative estimate of drug-likeness (QED) is 0.101. The maximum Gasteiger partial charge on any atom is 0.0775 e. The minimum absolute atomic E-state index is 0.0989. The van der Waals surface area contributed by atoms with Gasteiger partial charge in [-0.2, -0.15) is 0 Å². The third kappa shape index (κ3) is 12.8. The van der Waals surface area contributed by atoms with Crippen LogP contribution < -0.4 is 30.0 Å². The van der Waals surface area contributed by atoms with E-state index in [1.807, 2.05) is 22.7 Å². The van der Waals surface area contributed by atoms with E-state index in [9.17, 15) is 0 Å². The lowest BCUT2D eigenvalue weighted by molar-refractivity contribution is 0.603. The maximum absolute atomic E-state index is 2.53. The summed E-state index contributed by atoms with van der Waals surface area (Å²) in [6, 6.07) is 133. The van der Waals surface area contributed by atoms with Crippen LogP contribution in [0.1, 0.15) is 150 Å². The van der Waals surface area contributed by atoms with Gasteiger partial charge in [-0.3, -0.25) is 0 Å². The Bertz CT molecular complexity index is 7340. The molecule has 0 saturated carbocycles. The smallest absolute Gasteiger partial charge is 0.0775 e. The van der Waals surface area contributed by atoms with Crippen LogP contribution in [0.2, 0.25) is 39.3 Å². The molecule has 0 bridgehead atoms. The second kappa shape index (κ2) is 29.8. The first-order valence-corrected chi connectivity index (χ1v) is 55.8. The average Bonchev–Trinajstić information content (AvgIpc) is 1.52. The van der Waals surface area contributed by atoms with Gasteiger partial charge in [0.2, 0.25) is 0 Å². The third-order valence-electron chi connectivity index (χ3n) is 30.7. The van der Waals surface area contributed by atoms with Gasteiger partial charge in [0.05, 0.1) is 16.1 Å². The zero-order valence-electron chi connectivity index (χ0n) is 79.1. The number of benzene rings is 16. The average molecular weight is 1780 g/mol. The summed E-state index contributed by atoms with van der Waals surface area (Å²) in [6.45, 7) is 43.9. The lowest BCUT2D eigenvalue weighted by atomic mass is 9.74. The Hall–Kier alpha value is -12.9. The first kappa shape index (κ1) is 83.4. The molecule has 16 aromatic carbocycles. The van der Waals surface area contributed by atoms with Crippen LogP contribution in [0.25, 0.3) is 85.6 Å². The molecule has 0 amide bonds. The first-order valence-electron chi connectivity index (χ1n) is 47.2. The van der Waals surface area contributed by atoms with Crippen LogP contribution in [-0.2, 0) is 32.5 Å². The fourth-order valence-electron chi connectivity index (χ4n) is 23.5. The second-order valence-corrected chi connectivity index (χ2v) is 55.1. The van der Waals surface area contributed by atoms with Crippen molar-refractivity contribution >= 4 is 139 Å². The van der Waals surface area contributed by atoms with Crippen molar-refractivity contribution < 1.29 is 0 Å². The summed E-state index contributed by atoms with van der Waals surface area (Å²) < 4.78 is 0. The SMILES string of the molecule is CC1(C)c2cc(N(c3ccccc3)c3ccc4ccccc4c3)ccc2-c2sc3c(c21)C(C)(C)c1cc(N(c2ccccc2)c2ccc4ccccc4c2)ccc1-3.CC1(C)c2ccccc2-c2ccc(N(c3ccc([Si](C)(C)C)cc3)c3ccc4c(c3)C(C)(C)c3c-4sc4c3C(C)(C)c3cc(N(c5ccc([Si](C)(C)C)cc5)c5ccc6c(c5)C(C)(C)c5ccccc5-6)ccc3-4)cc21. The predicted molar refractivity (Wildman–Crippen MR) is 574 cm³/mol. The van der Waals surface area contributed by atoms with Gasteiger partial charge < -0.3 is 19.6 Å². The summed E-state index contributed by atoms with van der Waals surface area (Å²) in [6.07, 6.45) is 0. The van der Waals surface area contributed by atoms with E-state index in [0.29, 0.717) is 0 Å². The Kier molecular flexibility index (Phi) is 18.8. The lowest BCUT2D eigenvalue weighted by Crippen LogP contribution is -2.37. The van der Waals surface area contributed by atoms with Gasteiger partial charge in [-0.1, -0.05) is 339 Å². The molecule has 2 heterocycles. The van der Waals surface area contributed by atoms with Gasteiger partial charge in [0.15, 0.2) is 0 Å². The molecule has 0 unspecified atom stereocenters. The van der Waals surface area contributed by atoms with Crippen molar-refractivity contribution in [1.82, 2.24) is 0 Å². The highest BCUT2D eigenvalue weighted by Crippen LogP contribution is 2.68. The van der Waals surface area contributed by atoms with Crippen LogP contribution in [-0.4, -0.2) is 16.1 Å². The Morgan fingerprint density at radius 1 is 0.174 bits per heavy atom. The summed E-state index contributed by atoms with van der Waals surface area (Å²) in [7, 11) is -3.02. The van der Waals surface area contributed by atoms with Gasteiger partial charge >= 0.3 is 0 Å². The number of hydrogen-bond donors (Lipinski definition) is 0. The van der Waals surface area contributed by atoms with Crippen LogP contribution in [0.15, 0.2) is 352 Å². The molecule has 0 aliphatic heterocycles. The number of thiophene rings is 2. The summed E-state index contributed by atoms with van der Waals surface area (Å²) in [5, 5.41) is 7.93. The van der Waals surface area contributed by atoms with Gasteiger partial charge in [-0.15, -0.1) is 22.7 Å². The normalized spacial score (nSPS) is 15.4. The van der Waals surface area contributed by atoms with E-state index < -0.39 is 16.1 Å². The number of rotatable bonds is 14. The third-order valence-corrected chi connectivity index (χ3v) is 37.3. The molecule has 0 spiro atoms. The molecule has 648 valence electrons. The van der Waals surface area contributed by atoms with Crippen molar-refractivity contribution in [1.29, 1.82) is 0 Å². The van der Waals surface area contributed by atoms with E-state index in [2.05, 4.69) is 494 Å². The van der Waals surface area contributed by atoms with E-state index in [0.717, 1.165) is 22.7 Å². The largest absolute Gasteiger partial charge is 0.310 e. The van der Waals surface area contributed by atoms with E-state index in [4.69, 9.17) is 0 Å². The molecule has 4 nitrogen and oxygen atoms in total. The van der Waals surface area contributed by atoms with Gasteiger partial charge in [0, 0.05) is 120 Å². The molecule has 0 N–H and O–H groups in total. The van der Waals surface area contributed by atoms with Crippen LogP contribution in [0.3, 0.4) is 0 Å². The molecule has 18 aromatic rings. The zero-order chi connectivity index (χ0) is 91.0. The zero-order valence-corrected chi connectivity index (χ0v) is 82.7. The number of anilines is 12. The van der Waals surface area contributed by atoms with E-state index >= 15 is 0 Å². The summed E-state index contributed by atoms with van der Waals surface area (Å²) in [5.74, 6) is 0. The molecule has 24 rings (SSSR count). The Labute approximate surface area is 789 Å². The fraction of sp³-hybridized carbons (Fsp3) is 0.194. The van der Waals surface area contributed by atoms with Crippen molar-refractivity contribution in [3.8, 4) is 64.0 Å². The molecular weight excluding hydrogens is 1670 g/mol. The molecule has 0 radical (unpaired) electrons. The Morgan fingerprint density at radius 3 is 0.674 bits per heavy atom. The predicted octanol–water partition coefficient (Wildman–Crippen LogP) is 34.6. The number of para-hydroxylation sites is 2. The Balaban J connectivity index is 0.000000155. The van der Waals surface area contributed by atoms with Gasteiger partial charge in [-0.05, 0) is 278 Å². The molecule has 8 heteroatoms. The van der Waals surface area contributed by atoms with Crippen molar-refractivity contribution in [2.24, 2.45) is 0 Å². The van der Waals surface area contributed by atoms with Crippen molar-refractivity contribution in [2.75, 3.05) is 19.6 Å². The van der Waals surface area contributed by atoms with Crippen LogP contribution in [0.4, 0.5) is 68.2 Å². The second-order valence-electron chi connectivity index (χ2n) is 42.9. The molecule has 0 saturated heterocycles. The minimum Gasteiger partial charge on any atom is -0.310 e. The molecule has 132 heavy (non-hydrogen) atoms. The monoisotopic (exact) mass is 1780 g/mol. The van der Waals surface area contributed by atoms with Gasteiger partial charge in [0.1, 0.15) is 0 Å². The van der Waals surface area contributed by atoms with Gasteiger partial charge in [0.25, 0.3) is 0 Å². The summed E-state index contributed by atoms with van der Waals surface area (Å²) >= 11 is 4.01. The molecule has 2 aromatic heterocycles. The van der Waals surface area contributed by atoms with Crippen molar-refractivity contribution in [3.05, 3.63) is 419 Å². The van der Waals surface area contributed by atoms with Crippen LogP contribution in [0.5, 0.6) is 0 Å². The number of fused-ring (bicyclic) bond motifs is 22. The molecular formula is C124H112N4S2Si2. The first-order chi connectivity index (χ1) is 63.2. The van der Waals surface area contributed by atoms with Gasteiger partial charge in [-0.25, -0.2) is 0 Å². The van der Waals surface area contributed by atoms with Crippen LogP contribution in [0, 0.1) is 0 Å². The summed E-state index contributed by atoms with van der Waals surface area (Å²) in [4.78, 5) is 15.6. The summed E-state index contributed by atoms with van der Waals surface area (Å²) in [5.41, 5.74) is 41.2. The van der Waals surface area contributed by atoms with E-state index in [1.54, 1.807) is 0 Å². The Morgan fingerprint density at radius 2 is 0.386 bits per heavy atom. The highest BCUT2D eigenvalue weighted by Gasteiger charge is 2.52. The number of hydrogen-bond acceptors (Lipinski definition) is 6. The van der Waals surface area contributed by atoms with E-state index in [1.165, 1.54) is 208 Å². The van der Waals surface area contributed by atoms with Crippen molar-refractivity contribution in [2.45, 2.75) is 155 Å². The van der Waals surface area contributed by atoms with E-state index in [-0.39, 0.29) is 32.5 Å². The number of nitrogens with zero attached hydrogens (tertiary/aromatic N) is 4. The van der Waals surface area contributed by atoms with Crippen LogP contribution >= 0.6 is 22.7 Å². The molecule has 0 atom stereocenters. The maximum atomic E-state index is 2.53. The standard InChI is InChI=1S/C70H70N2SSi2.C54H42N2S/c1-67(2)57-21-17-15-19-51(57)53-35-27-45(39-59(53)67)71(43-23-31-49(32-24-43)74(9,10)11)47-29-37-55-61(41-47)69(5,6)63-64-66(73-65(55)63)56-38-30-48(42-62(56)70(64,7)8)72(44-25-33-50(34-26-44)75(12,13)14)46-28-36-54-52-20-16-18-22-58(52)68(3,4)60(54)40-46;1-53(2)47-33-43(55(39-19-7-5-8-20-39)41-25-23-35-15-11-13-17-37(35)31-41)27-29-45(47)51-49(53)50-52(57-51)46-30-28-44(34-48(46)54(50,3)4)56(40-21-9-6-10-22-40)42-26-24-36-16-12-14-18-38(36)32-42/h15-42H,1-14H3;5-34H,1-4H3. The molecule has 6 aliphatic carbocycles. The highest BCUT2D eigenvalue weighted by molar-refractivity contribution is 7.20. The molecule has 0 fully saturated rings. The lowest BCUT2D eigenvalue weighted by Gasteiger charge is -2.32. The minimum atomic E-state index is -1.51. The highest BCUT2D eigenvalue weighted by atomic mass is 32.1. The van der Waals surface area contributed by atoms with Crippen molar-refractivity contribution in [3.63, 3.8) is 0 Å². The topological polar surface area (TPSA) is 13.0 Å².